The normalized spacial score (nSPS) is 9.70. The first-order valence-corrected chi connectivity index (χ1v) is 6.26. The molecular formula is C16H15BO3. The Morgan fingerprint density at radius 3 is 1.85 bits per heavy atom. The van der Waals surface area contributed by atoms with Crippen molar-refractivity contribution >= 4 is 23.4 Å². The molecule has 0 saturated heterocycles. The molecule has 20 heavy (non-hydrogen) atoms. The van der Waals surface area contributed by atoms with Crippen LogP contribution in [0.15, 0.2) is 72.8 Å². The molecule has 0 aromatic heterocycles. The summed E-state index contributed by atoms with van der Waals surface area (Å²) in [7, 11) is -1.34. The van der Waals surface area contributed by atoms with Crippen molar-refractivity contribution < 1.29 is 15.2 Å². The van der Waals surface area contributed by atoms with Crippen molar-refractivity contribution in [3.05, 3.63) is 72.8 Å². The van der Waals surface area contributed by atoms with Crippen molar-refractivity contribution in [1.29, 1.82) is 0 Å². The van der Waals surface area contributed by atoms with E-state index in [2.05, 4.69) is 0 Å². The fourth-order valence-corrected chi connectivity index (χ4v) is 1.83. The van der Waals surface area contributed by atoms with Gasteiger partial charge in [0.15, 0.2) is 0 Å². The Balaban J connectivity index is 0.000000151. The van der Waals surface area contributed by atoms with Crippen molar-refractivity contribution in [2.24, 2.45) is 0 Å². The molecule has 4 heteroatoms. The molecule has 0 spiro atoms. The van der Waals surface area contributed by atoms with E-state index in [1.165, 1.54) is 0 Å². The lowest BCUT2D eigenvalue weighted by Gasteiger charge is -1.97. The maximum absolute atomic E-state index is 9.37. The minimum absolute atomic E-state index is 0.350. The van der Waals surface area contributed by atoms with Crippen molar-refractivity contribution in [3.63, 3.8) is 0 Å². The molecule has 0 fully saturated rings. The molecule has 100 valence electrons. The lowest BCUT2D eigenvalue weighted by atomic mass is 9.81. The molecule has 3 aromatic rings. The second-order valence-corrected chi connectivity index (χ2v) is 4.28. The summed E-state index contributed by atoms with van der Waals surface area (Å²) in [4.78, 5) is 0. The van der Waals surface area contributed by atoms with Gasteiger partial charge < -0.3 is 15.2 Å². The number of phenolic OH excluding ortho intramolecular Hbond substituents is 1. The number of aromatic hydroxyl groups is 1. The van der Waals surface area contributed by atoms with Crippen LogP contribution < -0.4 is 5.46 Å². The van der Waals surface area contributed by atoms with Gasteiger partial charge in [0, 0.05) is 5.39 Å². The highest BCUT2D eigenvalue weighted by molar-refractivity contribution is 6.58. The molecular weight excluding hydrogens is 251 g/mol. The van der Waals surface area contributed by atoms with Crippen LogP contribution in [0.25, 0.3) is 10.8 Å². The molecule has 0 aliphatic rings. The van der Waals surface area contributed by atoms with Gasteiger partial charge in [0.2, 0.25) is 0 Å². The Morgan fingerprint density at radius 2 is 1.25 bits per heavy atom. The van der Waals surface area contributed by atoms with Crippen molar-refractivity contribution in [1.82, 2.24) is 0 Å². The largest absolute Gasteiger partial charge is 0.507 e. The molecule has 3 rings (SSSR count). The number of phenols is 1. The zero-order valence-electron chi connectivity index (χ0n) is 10.8. The van der Waals surface area contributed by atoms with E-state index >= 15 is 0 Å². The molecule has 0 saturated carbocycles. The molecule has 0 bridgehead atoms. The Morgan fingerprint density at radius 1 is 0.650 bits per heavy atom. The Bertz CT molecular complexity index is 663. The van der Waals surface area contributed by atoms with Crippen LogP contribution in [0.2, 0.25) is 0 Å². The monoisotopic (exact) mass is 266 g/mol. The van der Waals surface area contributed by atoms with E-state index in [4.69, 9.17) is 10.0 Å². The number of fused-ring (bicyclic) bond motifs is 1. The predicted octanol–water partition coefficient (Wildman–Crippen LogP) is 1.91. The van der Waals surface area contributed by atoms with Gasteiger partial charge in [0.05, 0.1) is 0 Å². The highest BCUT2D eigenvalue weighted by atomic mass is 16.4. The summed E-state index contributed by atoms with van der Waals surface area (Å²) >= 11 is 0. The van der Waals surface area contributed by atoms with Crippen LogP contribution in [0.1, 0.15) is 0 Å². The van der Waals surface area contributed by atoms with Crippen LogP contribution in [-0.2, 0) is 0 Å². The topological polar surface area (TPSA) is 60.7 Å². The summed E-state index contributed by atoms with van der Waals surface area (Å²) in [5, 5.41) is 28.5. The average molecular weight is 266 g/mol. The maximum Gasteiger partial charge on any atom is 0.488 e. The molecule has 0 aliphatic heterocycles. The Hall–Kier alpha value is -2.30. The first-order valence-electron chi connectivity index (χ1n) is 6.26. The van der Waals surface area contributed by atoms with Crippen LogP contribution in [-0.4, -0.2) is 22.3 Å². The Labute approximate surface area is 117 Å². The van der Waals surface area contributed by atoms with Crippen molar-refractivity contribution in [2.45, 2.75) is 0 Å². The second-order valence-electron chi connectivity index (χ2n) is 4.28. The van der Waals surface area contributed by atoms with E-state index in [1.54, 1.807) is 30.3 Å². The number of rotatable bonds is 1. The molecule has 0 radical (unpaired) electrons. The van der Waals surface area contributed by atoms with Gasteiger partial charge in [-0.3, -0.25) is 0 Å². The molecule has 3 aromatic carbocycles. The number of hydrogen-bond donors (Lipinski definition) is 3. The molecule has 0 atom stereocenters. The second kappa shape index (κ2) is 6.75. The zero-order valence-corrected chi connectivity index (χ0v) is 10.8. The first-order chi connectivity index (χ1) is 9.68. The Kier molecular flexibility index (Phi) is 4.77. The third-order valence-corrected chi connectivity index (χ3v) is 2.86. The fraction of sp³-hybridized carbons (Fsp3) is 0. The summed E-state index contributed by atoms with van der Waals surface area (Å²) < 4.78 is 0. The summed E-state index contributed by atoms with van der Waals surface area (Å²) in [5.41, 5.74) is 0.525. The first kappa shape index (κ1) is 14.1. The van der Waals surface area contributed by atoms with E-state index in [9.17, 15) is 5.11 Å². The smallest absolute Gasteiger partial charge is 0.488 e. The van der Waals surface area contributed by atoms with E-state index < -0.39 is 7.12 Å². The SMILES string of the molecule is OB(O)c1ccccc1.Oc1cccc2ccccc12. The van der Waals surface area contributed by atoms with Crippen molar-refractivity contribution in [3.8, 4) is 5.75 Å². The van der Waals surface area contributed by atoms with Gasteiger partial charge in [0.1, 0.15) is 5.75 Å². The quantitative estimate of drug-likeness (QED) is 0.590. The number of hydrogen-bond acceptors (Lipinski definition) is 3. The van der Waals surface area contributed by atoms with Crippen LogP contribution in [0.3, 0.4) is 0 Å². The third-order valence-electron chi connectivity index (χ3n) is 2.86. The van der Waals surface area contributed by atoms with E-state index in [-0.39, 0.29) is 0 Å². The lowest BCUT2D eigenvalue weighted by molar-refractivity contribution is 0.426. The van der Waals surface area contributed by atoms with Gasteiger partial charge in [-0.05, 0) is 16.9 Å². The number of benzene rings is 3. The van der Waals surface area contributed by atoms with Gasteiger partial charge in [-0.2, -0.15) is 0 Å². The molecule has 0 aliphatic carbocycles. The predicted molar refractivity (Wildman–Crippen MR) is 81.9 cm³/mol. The minimum Gasteiger partial charge on any atom is -0.507 e. The van der Waals surface area contributed by atoms with Crippen molar-refractivity contribution in [2.75, 3.05) is 0 Å². The van der Waals surface area contributed by atoms with E-state index in [1.807, 2.05) is 42.5 Å². The van der Waals surface area contributed by atoms with Gasteiger partial charge in [-0.25, -0.2) is 0 Å². The van der Waals surface area contributed by atoms with Crippen LogP contribution >= 0.6 is 0 Å². The van der Waals surface area contributed by atoms with E-state index in [0.29, 0.717) is 11.2 Å². The average Bonchev–Trinajstić information content (AvgIpc) is 2.49. The molecule has 3 N–H and O–H groups in total. The fourth-order valence-electron chi connectivity index (χ4n) is 1.83. The van der Waals surface area contributed by atoms with Crippen LogP contribution in [0, 0.1) is 0 Å². The standard InChI is InChI=1S/C10H8O.C6H7BO2/c11-10-7-3-5-8-4-1-2-6-9(8)10;8-7(9)6-4-2-1-3-5-6/h1-7,11H;1-5,8-9H. The minimum atomic E-state index is -1.34. The molecule has 0 unspecified atom stereocenters. The van der Waals surface area contributed by atoms with Crippen LogP contribution in [0.4, 0.5) is 0 Å². The van der Waals surface area contributed by atoms with Crippen LogP contribution in [0.5, 0.6) is 5.75 Å². The van der Waals surface area contributed by atoms with Gasteiger partial charge in [0.25, 0.3) is 0 Å². The maximum atomic E-state index is 9.37. The zero-order chi connectivity index (χ0) is 14.4. The highest BCUT2D eigenvalue weighted by Crippen LogP contribution is 2.22. The van der Waals surface area contributed by atoms with Gasteiger partial charge >= 0.3 is 7.12 Å². The van der Waals surface area contributed by atoms with E-state index in [0.717, 1.165) is 10.8 Å². The van der Waals surface area contributed by atoms with Gasteiger partial charge in [-0.1, -0.05) is 66.7 Å². The summed E-state index contributed by atoms with van der Waals surface area (Å²) in [5.74, 6) is 0.350. The molecule has 0 heterocycles. The summed E-state index contributed by atoms with van der Waals surface area (Å²) in [6.07, 6.45) is 0. The molecule has 0 amide bonds. The van der Waals surface area contributed by atoms with Gasteiger partial charge in [-0.15, -0.1) is 0 Å². The summed E-state index contributed by atoms with van der Waals surface area (Å²) in [6.45, 7) is 0. The summed E-state index contributed by atoms with van der Waals surface area (Å²) in [6, 6.07) is 21.9. The highest BCUT2D eigenvalue weighted by Gasteiger charge is 2.07. The third kappa shape index (κ3) is 3.60. The lowest BCUT2D eigenvalue weighted by Crippen LogP contribution is -2.29. The molecule has 3 nitrogen and oxygen atoms in total.